The maximum Gasteiger partial charge on any atom is 0.246 e. The molecular weight excluding hydrogens is 538 g/mol. The molecule has 2 aliphatic heterocycles. The number of fused-ring (bicyclic) bond motifs is 1. The Balaban J connectivity index is 0.00000370. The minimum atomic E-state index is -0.839. The zero-order valence-electron chi connectivity index (χ0n) is 22.3. The number of rotatable bonds is 5. The summed E-state index contributed by atoms with van der Waals surface area (Å²) in [5, 5.41) is 10.7. The van der Waals surface area contributed by atoms with E-state index in [2.05, 4.69) is 16.5 Å². The Bertz CT molecular complexity index is 1440. The van der Waals surface area contributed by atoms with Crippen LogP contribution in [0.2, 0.25) is 5.02 Å². The van der Waals surface area contributed by atoms with Crippen LogP contribution in [0.15, 0.2) is 36.9 Å². The number of amides is 1. The second-order valence-electron chi connectivity index (χ2n) is 10.5. The zero-order chi connectivity index (χ0) is 28.2. The Hall–Kier alpha value is -3.50. The summed E-state index contributed by atoms with van der Waals surface area (Å²) < 4.78 is 31.1. The number of likely N-dealkylation sites (N-methyl/N-ethyl adjacent to an activating group) is 1. The van der Waals surface area contributed by atoms with Crippen molar-refractivity contribution in [3.63, 3.8) is 0 Å². The lowest BCUT2D eigenvalue weighted by Crippen LogP contribution is -2.59. The SMILES string of the molecule is C.C=CC(=O)N1C[C@H](C)N(c2nc(N3CC(N(C)C)C3)nc3c(F)c(-c4c(O)cccc4F)c(Cl)cc23)C[C@@H]1C. The molecule has 0 aliphatic carbocycles. The van der Waals surface area contributed by atoms with Crippen LogP contribution in [0.5, 0.6) is 5.75 Å². The Labute approximate surface area is 238 Å². The van der Waals surface area contributed by atoms with Gasteiger partial charge in [-0.1, -0.05) is 31.7 Å². The summed E-state index contributed by atoms with van der Waals surface area (Å²) in [7, 11) is 3.99. The number of halogens is 3. The van der Waals surface area contributed by atoms with Gasteiger partial charge in [-0.05, 0) is 52.2 Å². The van der Waals surface area contributed by atoms with Crippen LogP contribution in [0.25, 0.3) is 22.0 Å². The number of benzene rings is 2. The van der Waals surface area contributed by atoms with Gasteiger partial charge in [0.2, 0.25) is 11.9 Å². The fraction of sp³-hybridized carbons (Fsp3) is 0.414. The van der Waals surface area contributed by atoms with Crippen molar-refractivity contribution in [3.05, 3.63) is 53.6 Å². The van der Waals surface area contributed by atoms with Crippen LogP contribution in [0.4, 0.5) is 20.5 Å². The highest BCUT2D eigenvalue weighted by molar-refractivity contribution is 6.34. The number of aromatic hydroxyl groups is 1. The smallest absolute Gasteiger partial charge is 0.246 e. The van der Waals surface area contributed by atoms with Crippen LogP contribution in [0.1, 0.15) is 21.3 Å². The number of carbonyl (C=O) groups excluding carboxylic acids is 1. The number of hydrogen-bond acceptors (Lipinski definition) is 7. The number of hydrogen-bond donors (Lipinski definition) is 1. The van der Waals surface area contributed by atoms with Crippen LogP contribution >= 0.6 is 11.6 Å². The minimum Gasteiger partial charge on any atom is -0.507 e. The van der Waals surface area contributed by atoms with Gasteiger partial charge in [0.25, 0.3) is 0 Å². The van der Waals surface area contributed by atoms with E-state index in [9.17, 15) is 14.3 Å². The van der Waals surface area contributed by atoms with Gasteiger partial charge >= 0.3 is 0 Å². The van der Waals surface area contributed by atoms with E-state index in [1.165, 1.54) is 24.3 Å². The van der Waals surface area contributed by atoms with Gasteiger partial charge in [-0.15, -0.1) is 0 Å². The standard InChI is InChI=1S/C28H31ClF2N6O2.CH4/c1-6-22(39)36-11-16(3)37(12-15(36)2)27-18-10-19(29)23(24-20(30)8-7-9-21(24)38)25(31)26(18)32-28(33-27)35-13-17(14-35)34(4)5;/h6-10,15-17,38H,1,11-14H2,2-5H3;1H4/t15-,16-;/m0./s1. The second-order valence-corrected chi connectivity index (χ2v) is 10.9. The van der Waals surface area contributed by atoms with Crippen molar-refractivity contribution in [3.8, 4) is 16.9 Å². The third-order valence-corrected chi connectivity index (χ3v) is 7.98. The fourth-order valence-corrected chi connectivity index (χ4v) is 5.60. The number of nitrogens with zero attached hydrogens (tertiary/aromatic N) is 6. The molecule has 40 heavy (non-hydrogen) atoms. The zero-order valence-corrected chi connectivity index (χ0v) is 23.1. The van der Waals surface area contributed by atoms with Crippen molar-refractivity contribution in [2.75, 3.05) is 50.1 Å². The first-order valence-electron chi connectivity index (χ1n) is 12.8. The molecule has 0 spiro atoms. The molecule has 5 rings (SSSR count). The lowest BCUT2D eigenvalue weighted by molar-refractivity contribution is -0.128. The predicted molar refractivity (Wildman–Crippen MR) is 156 cm³/mol. The average molecular weight is 573 g/mol. The van der Waals surface area contributed by atoms with Gasteiger partial charge in [-0.25, -0.2) is 13.8 Å². The molecule has 0 unspecified atom stereocenters. The number of phenols is 1. The van der Waals surface area contributed by atoms with Crippen LogP contribution in [-0.4, -0.2) is 89.2 Å². The van der Waals surface area contributed by atoms with Crippen molar-refractivity contribution in [2.45, 2.75) is 39.4 Å². The predicted octanol–water partition coefficient (Wildman–Crippen LogP) is 4.93. The summed E-state index contributed by atoms with van der Waals surface area (Å²) in [6.45, 7) is 9.73. The lowest BCUT2D eigenvalue weighted by atomic mass is 10.00. The highest BCUT2D eigenvalue weighted by atomic mass is 35.5. The third kappa shape index (κ3) is 4.94. The number of carbonyl (C=O) groups is 1. The van der Waals surface area contributed by atoms with Crippen LogP contribution in [0.3, 0.4) is 0 Å². The van der Waals surface area contributed by atoms with Gasteiger partial charge in [-0.2, -0.15) is 4.98 Å². The Morgan fingerprint density at radius 2 is 1.82 bits per heavy atom. The minimum absolute atomic E-state index is 0. The number of piperazine rings is 1. The normalized spacial score (nSPS) is 19.6. The molecule has 1 aromatic heterocycles. The van der Waals surface area contributed by atoms with E-state index < -0.39 is 17.4 Å². The van der Waals surface area contributed by atoms with Crippen molar-refractivity contribution in [2.24, 2.45) is 0 Å². The summed E-state index contributed by atoms with van der Waals surface area (Å²) in [6.07, 6.45) is 1.30. The number of aromatic nitrogens is 2. The van der Waals surface area contributed by atoms with Crippen molar-refractivity contribution in [1.82, 2.24) is 19.8 Å². The molecule has 3 heterocycles. The molecule has 2 aliphatic rings. The van der Waals surface area contributed by atoms with E-state index in [4.69, 9.17) is 16.6 Å². The molecule has 2 aromatic carbocycles. The molecule has 0 saturated carbocycles. The second kappa shape index (κ2) is 11.2. The third-order valence-electron chi connectivity index (χ3n) is 7.68. The maximum atomic E-state index is 16.3. The first kappa shape index (κ1) is 29.5. The number of anilines is 2. The maximum absolute atomic E-state index is 16.3. The Morgan fingerprint density at radius 3 is 2.45 bits per heavy atom. The molecule has 11 heteroatoms. The monoisotopic (exact) mass is 572 g/mol. The topological polar surface area (TPSA) is 76.0 Å². The van der Waals surface area contributed by atoms with E-state index in [0.717, 1.165) is 6.07 Å². The van der Waals surface area contributed by atoms with E-state index in [-0.39, 0.29) is 47.1 Å². The van der Waals surface area contributed by atoms with E-state index in [1.54, 1.807) is 4.90 Å². The number of phenolic OH excluding ortho intramolecular Hbond substituents is 1. The molecule has 2 fully saturated rings. The average Bonchev–Trinajstić information content (AvgIpc) is 2.85. The molecule has 2 atom stereocenters. The van der Waals surface area contributed by atoms with Crippen LogP contribution in [-0.2, 0) is 4.79 Å². The van der Waals surface area contributed by atoms with Crippen LogP contribution < -0.4 is 9.80 Å². The molecule has 3 aromatic rings. The van der Waals surface area contributed by atoms with E-state index in [0.29, 0.717) is 49.4 Å². The van der Waals surface area contributed by atoms with Gasteiger partial charge in [0.05, 0.1) is 10.6 Å². The molecule has 8 nitrogen and oxygen atoms in total. The van der Waals surface area contributed by atoms with Crippen molar-refractivity contribution in [1.29, 1.82) is 0 Å². The highest BCUT2D eigenvalue weighted by Gasteiger charge is 2.36. The molecule has 2 saturated heterocycles. The molecular formula is C29H35ClF2N6O2. The van der Waals surface area contributed by atoms with E-state index >= 15 is 4.39 Å². The van der Waals surface area contributed by atoms with Gasteiger partial charge in [0.15, 0.2) is 5.82 Å². The molecule has 214 valence electrons. The van der Waals surface area contributed by atoms with Crippen LogP contribution in [0, 0.1) is 11.6 Å². The molecule has 0 radical (unpaired) electrons. The molecule has 0 bridgehead atoms. The highest BCUT2D eigenvalue weighted by Crippen LogP contribution is 2.43. The summed E-state index contributed by atoms with van der Waals surface area (Å²) >= 11 is 6.57. The quantitative estimate of drug-likeness (QED) is 0.434. The Morgan fingerprint density at radius 1 is 1.12 bits per heavy atom. The first-order chi connectivity index (χ1) is 18.5. The summed E-state index contributed by atoms with van der Waals surface area (Å²) in [4.78, 5) is 29.7. The summed E-state index contributed by atoms with van der Waals surface area (Å²) in [5.41, 5.74) is -0.596. The van der Waals surface area contributed by atoms with Gasteiger partial charge in [0, 0.05) is 55.3 Å². The Kier molecular flexibility index (Phi) is 8.23. The van der Waals surface area contributed by atoms with Gasteiger partial charge < -0.3 is 24.7 Å². The summed E-state index contributed by atoms with van der Waals surface area (Å²) in [5.74, 6) is -1.38. The molecule has 1 N–H and O–H groups in total. The van der Waals surface area contributed by atoms with Gasteiger partial charge in [0.1, 0.15) is 22.9 Å². The first-order valence-corrected chi connectivity index (χ1v) is 13.2. The fourth-order valence-electron chi connectivity index (χ4n) is 5.31. The van der Waals surface area contributed by atoms with Crippen molar-refractivity contribution < 1.29 is 18.7 Å². The largest absolute Gasteiger partial charge is 0.507 e. The van der Waals surface area contributed by atoms with E-state index in [1.807, 2.05) is 37.7 Å². The van der Waals surface area contributed by atoms with Crippen molar-refractivity contribution >= 4 is 40.2 Å². The van der Waals surface area contributed by atoms with Gasteiger partial charge in [-0.3, -0.25) is 4.79 Å². The summed E-state index contributed by atoms with van der Waals surface area (Å²) in [6, 6.07) is 5.28. The molecule has 1 amide bonds. The lowest BCUT2D eigenvalue weighted by Gasteiger charge is -2.45.